The predicted octanol–water partition coefficient (Wildman–Crippen LogP) is 5.26. The molecule has 4 unspecified atom stereocenters. The normalized spacial score (nSPS) is 31.4. The summed E-state index contributed by atoms with van der Waals surface area (Å²) in [4.78, 5) is 28.6. The van der Waals surface area contributed by atoms with E-state index in [1.165, 1.54) is 18.3 Å². The summed E-state index contributed by atoms with van der Waals surface area (Å²) in [5.74, 6) is 0.453. The third-order valence-corrected chi connectivity index (χ3v) is 8.16. The molecule has 4 rings (SSSR count). The van der Waals surface area contributed by atoms with E-state index in [2.05, 4.69) is 37.3 Å². The Morgan fingerprint density at radius 1 is 1.22 bits per heavy atom. The Morgan fingerprint density at radius 2 is 1.97 bits per heavy atom. The van der Waals surface area contributed by atoms with Crippen molar-refractivity contribution in [3.8, 4) is 0 Å². The molecule has 2 saturated heterocycles. The van der Waals surface area contributed by atoms with Gasteiger partial charge in [0.1, 0.15) is 0 Å². The summed E-state index contributed by atoms with van der Waals surface area (Å²) >= 11 is 13.5. The van der Waals surface area contributed by atoms with Gasteiger partial charge in [0.05, 0.1) is 12.5 Å². The van der Waals surface area contributed by atoms with Crippen LogP contribution in [-0.4, -0.2) is 60.0 Å². The lowest BCUT2D eigenvalue weighted by Crippen LogP contribution is -2.47. The predicted molar refractivity (Wildman–Crippen MR) is 128 cm³/mol. The van der Waals surface area contributed by atoms with Gasteiger partial charge in [-0.15, -0.1) is 11.6 Å². The van der Waals surface area contributed by atoms with Gasteiger partial charge in [0.2, 0.25) is 5.91 Å². The lowest BCUT2D eigenvalue weighted by molar-refractivity contribution is -0.134. The van der Waals surface area contributed by atoms with Crippen LogP contribution in [0.5, 0.6) is 0 Å². The summed E-state index contributed by atoms with van der Waals surface area (Å²) in [6.07, 6.45) is 14.6. The summed E-state index contributed by atoms with van der Waals surface area (Å²) in [6.45, 7) is 4.14. The average Bonchev–Trinajstić information content (AvgIpc) is 3.16. The quantitative estimate of drug-likeness (QED) is 0.517. The molecule has 0 bridgehead atoms. The second-order valence-electron chi connectivity index (χ2n) is 9.34. The lowest BCUT2D eigenvalue weighted by atomic mass is 9.82. The van der Waals surface area contributed by atoms with Crippen LogP contribution >= 0.6 is 23.2 Å². The fraction of sp³-hybridized carbons (Fsp3) is 0.600. The van der Waals surface area contributed by atoms with Crippen LogP contribution in [0.1, 0.15) is 39.0 Å². The van der Waals surface area contributed by atoms with Gasteiger partial charge < -0.3 is 14.5 Å². The highest BCUT2D eigenvalue weighted by atomic mass is 35.5. The molecule has 2 aliphatic heterocycles. The number of carbonyl (C=O) groups excluding carboxylic acids is 2. The molecule has 0 aromatic rings. The lowest BCUT2D eigenvalue weighted by Gasteiger charge is -2.36. The standard InChI is InChI=1S/C25H32Cl2N2O3/c1-16-3-5-17(6-4-16)19-14-22(26)21(23(27)15-19)13-18-7-12-29(24(18)30)20-8-10-28(11-9-20)25(31)32-2/h3-5,14-15,17-18,20-22H,6-13H2,1-2H3. The number of hydrogen-bond acceptors (Lipinski definition) is 3. The smallest absolute Gasteiger partial charge is 0.409 e. The first kappa shape index (κ1) is 23.4. The molecule has 0 aromatic carbocycles. The van der Waals surface area contributed by atoms with Crippen LogP contribution in [0.3, 0.4) is 0 Å². The molecule has 0 radical (unpaired) electrons. The highest BCUT2D eigenvalue weighted by molar-refractivity contribution is 6.32. The van der Waals surface area contributed by atoms with Gasteiger partial charge in [-0.1, -0.05) is 41.5 Å². The number of methoxy groups -OCH3 is 1. The molecule has 2 fully saturated rings. The Balaban J connectivity index is 1.33. The zero-order valence-electron chi connectivity index (χ0n) is 18.8. The van der Waals surface area contributed by atoms with Crippen molar-refractivity contribution in [2.45, 2.75) is 50.4 Å². The minimum atomic E-state index is -0.289. The number of allylic oxidation sites excluding steroid dienone is 8. The fourth-order valence-electron chi connectivity index (χ4n) is 5.35. The summed E-state index contributed by atoms with van der Waals surface area (Å²) < 4.78 is 4.81. The van der Waals surface area contributed by atoms with Crippen LogP contribution in [-0.2, 0) is 9.53 Å². The summed E-state index contributed by atoms with van der Waals surface area (Å²) in [7, 11) is 1.40. The zero-order chi connectivity index (χ0) is 22.8. The molecule has 0 aromatic heterocycles. The molecular weight excluding hydrogens is 447 g/mol. The van der Waals surface area contributed by atoms with Gasteiger partial charge in [-0.05, 0) is 50.7 Å². The van der Waals surface area contributed by atoms with E-state index >= 15 is 0 Å². The monoisotopic (exact) mass is 478 g/mol. The van der Waals surface area contributed by atoms with E-state index in [-0.39, 0.29) is 35.3 Å². The van der Waals surface area contributed by atoms with Crippen molar-refractivity contribution in [3.63, 3.8) is 0 Å². The third kappa shape index (κ3) is 4.94. The Labute approximate surface area is 200 Å². The first-order valence-corrected chi connectivity index (χ1v) is 12.4. The first-order valence-electron chi connectivity index (χ1n) is 11.6. The zero-order valence-corrected chi connectivity index (χ0v) is 20.3. The fourth-order valence-corrected chi connectivity index (χ4v) is 6.15. The van der Waals surface area contributed by atoms with E-state index in [9.17, 15) is 9.59 Å². The molecule has 7 heteroatoms. The summed E-state index contributed by atoms with van der Waals surface area (Å²) in [5, 5.41) is 0.563. The van der Waals surface area contributed by atoms with Crippen LogP contribution in [0.15, 0.2) is 46.6 Å². The number of hydrogen-bond donors (Lipinski definition) is 0. The number of halogens is 2. The highest BCUT2D eigenvalue weighted by Gasteiger charge is 2.40. The van der Waals surface area contributed by atoms with Gasteiger partial charge in [0, 0.05) is 48.5 Å². The van der Waals surface area contributed by atoms with Gasteiger partial charge in [-0.2, -0.15) is 0 Å². The molecule has 174 valence electrons. The Kier molecular flexibility index (Phi) is 7.36. The Hall–Kier alpha value is -1.72. The van der Waals surface area contributed by atoms with Gasteiger partial charge in [-0.3, -0.25) is 4.79 Å². The minimum absolute atomic E-state index is 0.0259. The molecule has 0 spiro atoms. The van der Waals surface area contributed by atoms with Gasteiger partial charge in [-0.25, -0.2) is 4.79 Å². The molecule has 2 aliphatic carbocycles. The third-order valence-electron chi connectivity index (χ3n) is 7.34. The minimum Gasteiger partial charge on any atom is -0.453 e. The number of likely N-dealkylation sites (tertiary alicyclic amines) is 2. The van der Waals surface area contributed by atoms with Crippen molar-refractivity contribution in [2.24, 2.45) is 17.8 Å². The van der Waals surface area contributed by atoms with Crippen molar-refractivity contribution in [1.29, 1.82) is 0 Å². The molecule has 2 amide bonds. The van der Waals surface area contributed by atoms with E-state index in [0.717, 1.165) is 37.3 Å². The maximum absolute atomic E-state index is 13.2. The van der Waals surface area contributed by atoms with Gasteiger partial charge in [0.25, 0.3) is 0 Å². The molecule has 0 N–H and O–H groups in total. The molecule has 32 heavy (non-hydrogen) atoms. The molecule has 4 aliphatic rings. The highest BCUT2D eigenvalue weighted by Crippen LogP contribution is 2.41. The van der Waals surface area contributed by atoms with Crippen LogP contribution in [0.4, 0.5) is 4.79 Å². The second-order valence-corrected chi connectivity index (χ2v) is 10.3. The Morgan fingerprint density at radius 3 is 2.59 bits per heavy atom. The number of ether oxygens (including phenoxy) is 1. The average molecular weight is 479 g/mol. The van der Waals surface area contributed by atoms with E-state index < -0.39 is 0 Å². The number of amides is 2. The second kappa shape index (κ2) is 10.0. The number of carbonyl (C=O) groups is 2. The van der Waals surface area contributed by atoms with Gasteiger partial charge in [0.15, 0.2) is 0 Å². The van der Waals surface area contributed by atoms with Crippen LogP contribution < -0.4 is 0 Å². The summed E-state index contributed by atoms with van der Waals surface area (Å²) in [6, 6.07) is 0.193. The number of nitrogens with zero attached hydrogens (tertiary/aromatic N) is 2. The molecule has 2 heterocycles. The topological polar surface area (TPSA) is 49.9 Å². The van der Waals surface area contributed by atoms with E-state index in [0.29, 0.717) is 25.4 Å². The molecular formula is C25H32Cl2N2O3. The van der Waals surface area contributed by atoms with Crippen LogP contribution in [0.25, 0.3) is 0 Å². The van der Waals surface area contributed by atoms with E-state index in [1.54, 1.807) is 4.90 Å². The van der Waals surface area contributed by atoms with Crippen molar-refractivity contribution < 1.29 is 14.3 Å². The van der Waals surface area contributed by atoms with E-state index in [1.807, 2.05) is 4.90 Å². The van der Waals surface area contributed by atoms with Crippen LogP contribution in [0.2, 0.25) is 0 Å². The van der Waals surface area contributed by atoms with Crippen molar-refractivity contribution in [3.05, 3.63) is 46.6 Å². The van der Waals surface area contributed by atoms with Crippen molar-refractivity contribution >= 4 is 35.2 Å². The largest absolute Gasteiger partial charge is 0.453 e. The molecule has 5 nitrogen and oxygen atoms in total. The molecule has 4 atom stereocenters. The van der Waals surface area contributed by atoms with Crippen molar-refractivity contribution in [1.82, 2.24) is 9.80 Å². The SMILES string of the molecule is COC(=O)N1CCC(N2CCC(CC3C(Cl)=CC(C4C=CC(C)=CC4)=CC3Cl)C2=O)CC1. The number of alkyl halides is 1. The number of rotatable bonds is 4. The first-order chi connectivity index (χ1) is 15.4. The van der Waals surface area contributed by atoms with Crippen LogP contribution in [0, 0.1) is 17.8 Å². The van der Waals surface area contributed by atoms with Gasteiger partial charge >= 0.3 is 6.09 Å². The number of piperidine rings is 1. The maximum atomic E-state index is 13.2. The van der Waals surface area contributed by atoms with Crippen molar-refractivity contribution in [2.75, 3.05) is 26.7 Å². The van der Waals surface area contributed by atoms with E-state index in [4.69, 9.17) is 27.9 Å². The Bertz CT molecular complexity index is 870. The summed E-state index contributed by atoms with van der Waals surface area (Å²) in [5.41, 5.74) is 2.45. The molecule has 0 saturated carbocycles. The maximum Gasteiger partial charge on any atom is 0.409 e.